The number of nitrogens with zero attached hydrogens (tertiary/aromatic N) is 4. The number of aliphatic carboxylic acids is 1. The molecule has 1 amide bonds. The minimum absolute atomic E-state index is 0.122. The van der Waals surface area contributed by atoms with E-state index >= 15 is 0 Å². The second kappa shape index (κ2) is 5.51. The highest BCUT2D eigenvalue weighted by atomic mass is 16.4. The van der Waals surface area contributed by atoms with Gasteiger partial charge in [-0.2, -0.15) is 5.10 Å². The fourth-order valence-electron chi connectivity index (χ4n) is 2.18. The first-order valence-electron chi connectivity index (χ1n) is 6.63. The summed E-state index contributed by atoms with van der Waals surface area (Å²) in [5, 5.41) is 13.7. The highest BCUT2D eigenvalue weighted by molar-refractivity contribution is 6.06. The van der Waals surface area contributed by atoms with Crippen LogP contribution in [-0.4, -0.2) is 50.2 Å². The van der Waals surface area contributed by atoms with Crippen LogP contribution in [0.4, 0.5) is 0 Å². The quantitative estimate of drug-likeness (QED) is 0.921. The molecule has 2 aromatic rings. The lowest BCUT2D eigenvalue weighted by atomic mass is 10.1. The Bertz CT molecular complexity index is 706. The van der Waals surface area contributed by atoms with E-state index in [0.717, 1.165) is 0 Å². The molecule has 0 aromatic carbocycles. The summed E-state index contributed by atoms with van der Waals surface area (Å²) >= 11 is 0. The van der Waals surface area contributed by atoms with Crippen LogP contribution in [0.3, 0.4) is 0 Å². The molecular weight excluding hydrogens is 272 g/mol. The highest BCUT2D eigenvalue weighted by Crippen LogP contribution is 2.21. The molecule has 7 nitrogen and oxygen atoms in total. The van der Waals surface area contributed by atoms with Gasteiger partial charge in [0.2, 0.25) is 0 Å². The van der Waals surface area contributed by atoms with Gasteiger partial charge in [-0.25, -0.2) is 9.67 Å². The third-order valence-corrected chi connectivity index (χ3v) is 3.13. The number of aryl methyl sites for hydroxylation is 1. The summed E-state index contributed by atoms with van der Waals surface area (Å²) in [6.45, 7) is 5.41. The molecule has 2 rings (SSSR count). The first-order chi connectivity index (χ1) is 9.81. The van der Waals surface area contributed by atoms with Crippen LogP contribution in [0.15, 0.2) is 12.3 Å². The van der Waals surface area contributed by atoms with Gasteiger partial charge in [0.25, 0.3) is 5.91 Å². The summed E-state index contributed by atoms with van der Waals surface area (Å²) in [6, 6.07) is 1.78. The Labute approximate surface area is 122 Å². The third-order valence-electron chi connectivity index (χ3n) is 3.13. The van der Waals surface area contributed by atoms with Gasteiger partial charge in [-0.1, -0.05) is 0 Å². The van der Waals surface area contributed by atoms with Gasteiger partial charge in [0.15, 0.2) is 5.65 Å². The van der Waals surface area contributed by atoms with E-state index in [1.165, 1.54) is 11.9 Å². The lowest BCUT2D eigenvalue weighted by molar-refractivity contribution is -0.137. The number of fused-ring (bicyclic) bond motifs is 1. The molecule has 0 radical (unpaired) electrons. The van der Waals surface area contributed by atoms with Crippen molar-refractivity contribution < 1.29 is 14.7 Å². The number of likely N-dealkylation sites (N-methyl/N-ethyl adjacent to an activating group) is 1. The number of carbonyl (C=O) groups is 2. The number of carboxylic acids is 1. The first-order valence-corrected chi connectivity index (χ1v) is 6.63. The maximum atomic E-state index is 12.4. The van der Waals surface area contributed by atoms with Crippen molar-refractivity contribution in [1.29, 1.82) is 0 Å². The first kappa shape index (κ1) is 15.0. The molecule has 0 unspecified atom stereocenters. The van der Waals surface area contributed by atoms with Crippen molar-refractivity contribution in [3.8, 4) is 0 Å². The van der Waals surface area contributed by atoms with Gasteiger partial charge in [0.1, 0.15) is 6.54 Å². The zero-order valence-corrected chi connectivity index (χ0v) is 12.5. The van der Waals surface area contributed by atoms with Crippen molar-refractivity contribution in [1.82, 2.24) is 19.7 Å². The van der Waals surface area contributed by atoms with Crippen LogP contribution in [0.1, 0.15) is 35.9 Å². The van der Waals surface area contributed by atoms with Crippen molar-refractivity contribution >= 4 is 22.9 Å². The minimum atomic E-state index is -1.05. The van der Waals surface area contributed by atoms with E-state index in [1.807, 2.05) is 13.8 Å². The zero-order chi connectivity index (χ0) is 15.7. The third kappa shape index (κ3) is 2.86. The smallest absolute Gasteiger partial charge is 0.323 e. The Balaban J connectivity index is 2.54. The van der Waals surface area contributed by atoms with Crippen molar-refractivity contribution in [3.05, 3.63) is 23.5 Å². The van der Waals surface area contributed by atoms with Crippen molar-refractivity contribution in [3.63, 3.8) is 0 Å². The molecule has 0 saturated heterocycles. The Kier molecular flexibility index (Phi) is 3.93. The normalized spacial score (nSPS) is 11.1. The van der Waals surface area contributed by atoms with Gasteiger partial charge in [0.05, 0.1) is 17.1 Å². The maximum Gasteiger partial charge on any atom is 0.323 e. The number of amides is 1. The minimum Gasteiger partial charge on any atom is -0.480 e. The average molecular weight is 290 g/mol. The topological polar surface area (TPSA) is 88.3 Å². The van der Waals surface area contributed by atoms with Crippen LogP contribution in [0.5, 0.6) is 0 Å². The van der Waals surface area contributed by atoms with Crippen LogP contribution in [0.25, 0.3) is 11.0 Å². The van der Waals surface area contributed by atoms with Gasteiger partial charge >= 0.3 is 5.97 Å². The summed E-state index contributed by atoms with van der Waals surface area (Å²) in [5.74, 6) is -1.40. The number of hydrogen-bond donors (Lipinski definition) is 1. The zero-order valence-electron chi connectivity index (χ0n) is 12.5. The molecule has 2 aromatic heterocycles. The molecule has 0 bridgehead atoms. The number of pyridine rings is 1. The Morgan fingerprint density at radius 3 is 2.67 bits per heavy atom. The predicted octanol–water partition coefficient (Wildman–Crippen LogP) is 1.48. The lowest BCUT2D eigenvalue weighted by Crippen LogP contribution is -2.32. The average Bonchev–Trinajstić information content (AvgIpc) is 2.79. The molecular formula is C14H18N4O3. The van der Waals surface area contributed by atoms with Gasteiger partial charge in [-0.15, -0.1) is 0 Å². The summed E-state index contributed by atoms with van der Waals surface area (Å²) < 4.78 is 1.75. The van der Waals surface area contributed by atoms with E-state index in [4.69, 9.17) is 5.11 Å². The molecule has 0 aliphatic carbocycles. The largest absolute Gasteiger partial charge is 0.480 e. The fraction of sp³-hybridized carbons (Fsp3) is 0.429. The van der Waals surface area contributed by atoms with E-state index in [9.17, 15) is 9.59 Å². The van der Waals surface area contributed by atoms with Gasteiger partial charge in [-0.05, 0) is 26.8 Å². The second-order valence-corrected chi connectivity index (χ2v) is 5.29. The Hall–Kier alpha value is -2.44. The SMILES string of the molecule is Cc1cc(C(=O)N(C)CC(=O)O)c2cnn(C(C)C)c2n1. The highest BCUT2D eigenvalue weighted by Gasteiger charge is 2.20. The molecule has 21 heavy (non-hydrogen) atoms. The fourth-order valence-corrected chi connectivity index (χ4v) is 2.18. The molecule has 0 spiro atoms. The van der Waals surface area contributed by atoms with Crippen molar-refractivity contribution in [2.75, 3.05) is 13.6 Å². The number of carboxylic acid groups (broad SMARTS) is 1. The van der Waals surface area contributed by atoms with Crippen LogP contribution in [0.2, 0.25) is 0 Å². The van der Waals surface area contributed by atoms with Gasteiger partial charge in [-0.3, -0.25) is 9.59 Å². The number of rotatable bonds is 4. The molecule has 2 heterocycles. The summed E-state index contributed by atoms with van der Waals surface area (Å²) in [4.78, 5) is 28.8. The molecule has 112 valence electrons. The lowest BCUT2D eigenvalue weighted by Gasteiger charge is -2.15. The standard InChI is InChI=1S/C14H18N4O3/c1-8(2)18-13-11(6-15-18)10(5-9(3)16-13)14(21)17(4)7-12(19)20/h5-6,8H,7H2,1-4H3,(H,19,20). The monoisotopic (exact) mass is 290 g/mol. The summed E-state index contributed by atoms with van der Waals surface area (Å²) in [5.41, 5.74) is 1.75. The van der Waals surface area contributed by atoms with Crippen LogP contribution >= 0.6 is 0 Å². The van der Waals surface area contributed by atoms with Gasteiger partial charge < -0.3 is 10.0 Å². The molecule has 0 atom stereocenters. The van der Waals surface area contributed by atoms with E-state index < -0.39 is 5.97 Å². The number of aromatic nitrogens is 3. The predicted molar refractivity (Wildman–Crippen MR) is 77.2 cm³/mol. The van der Waals surface area contributed by atoms with Crippen molar-refractivity contribution in [2.24, 2.45) is 0 Å². The molecule has 1 N–H and O–H groups in total. The number of hydrogen-bond acceptors (Lipinski definition) is 4. The molecule has 0 saturated carbocycles. The van der Waals surface area contributed by atoms with E-state index in [1.54, 1.807) is 23.9 Å². The summed E-state index contributed by atoms with van der Waals surface area (Å²) in [7, 11) is 1.46. The van der Waals surface area contributed by atoms with Gasteiger partial charge in [0, 0.05) is 18.8 Å². The van der Waals surface area contributed by atoms with Crippen LogP contribution in [0, 0.1) is 6.92 Å². The molecule has 7 heteroatoms. The Morgan fingerprint density at radius 2 is 2.10 bits per heavy atom. The van der Waals surface area contributed by atoms with Crippen LogP contribution < -0.4 is 0 Å². The van der Waals surface area contributed by atoms with E-state index in [0.29, 0.717) is 22.3 Å². The summed E-state index contributed by atoms with van der Waals surface area (Å²) in [6.07, 6.45) is 1.60. The number of carbonyl (C=O) groups excluding carboxylic acids is 1. The van der Waals surface area contributed by atoms with E-state index in [2.05, 4.69) is 10.1 Å². The maximum absolute atomic E-state index is 12.4. The molecule has 0 fully saturated rings. The second-order valence-electron chi connectivity index (χ2n) is 5.29. The van der Waals surface area contributed by atoms with E-state index in [-0.39, 0.29) is 18.5 Å². The van der Waals surface area contributed by atoms with Crippen molar-refractivity contribution in [2.45, 2.75) is 26.8 Å². The van der Waals surface area contributed by atoms with Crippen LogP contribution in [-0.2, 0) is 4.79 Å². The molecule has 0 aliphatic heterocycles. The Morgan fingerprint density at radius 1 is 1.43 bits per heavy atom. The molecule has 0 aliphatic rings.